The number of carbonyl (C=O) groups excluding carboxylic acids is 2. The maximum Gasteiger partial charge on any atom is 0.262 e. The van der Waals surface area contributed by atoms with E-state index in [1.165, 1.54) is 31.1 Å². The second kappa shape index (κ2) is 7.21. The Bertz CT molecular complexity index is 824. The molecule has 3 aliphatic rings. The van der Waals surface area contributed by atoms with Gasteiger partial charge in [-0.1, -0.05) is 12.1 Å². The molecular formula is C20H23N3O2S. The van der Waals surface area contributed by atoms with E-state index in [0.717, 1.165) is 41.3 Å². The van der Waals surface area contributed by atoms with E-state index in [-0.39, 0.29) is 17.9 Å². The highest BCUT2D eigenvalue weighted by Gasteiger charge is 2.35. The third-order valence-electron chi connectivity index (χ3n) is 5.34. The third kappa shape index (κ3) is 3.52. The van der Waals surface area contributed by atoms with Crippen molar-refractivity contribution in [3.8, 4) is 11.1 Å². The van der Waals surface area contributed by atoms with Gasteiger partial charge in [-0.05, 0) is 61.0 Å². The largest absolute Gasteiger partial charge is 0.347 e. The van der Waals surface area contributed by atoms with Crippen molar-refractivity contribution in [2.45, 2.75) is 25.8 Å². The van der Waals surface area contributed by atoms with Gasteiger partial charge in [-0.2, -0.15) is 0 Å². The monoisotopic (exact) mass is 369 g/mol. The van der Waals surface area contributed by atoms with Crippen LogP contribution in [0.25, 0.3) is 11.1 Å². The Morgan fingerprint density at radius 1 is 1.19 bits per heavy atom. The highest BCUT2D eigenvalue weighted by Crippen LogP contribution is 2.32. The summed E-state index contributed by atoms with van der Waals surface area (Å²) in [4.78, 5) is 27.4. The van der Waals surface area contributed by atoms with Crippen LogP contribution < -0.4 is 10.6 Å². The fourth-order valence-electron chi connectivity index (χ4n) is 4.04. The molecule has 3 fully saturated rings. The lowest BCUT2D eigenvalue weighted by Crippen LogP contribution is -2.57. The fraction of sp³-hybridized carbons (Fsp3) is 0.400. The quantitative estimate of drug-likeness (QED) is 0.870. The molecule has 5 nitrogen and oxygen atoms in total. The van der Waals surface area contributed by atoms with E-state index in [4.69, 9.17) is 0 Å². The Hall–Kier alpha value is -2.18. The lowest BCUT2D eigenvalue weighted by molar-refractivity contribution is -0.114. The molecule has 26 heavy (non-hydrogen) atoms. The zero-order valence-electron chi connectivity index (χ0n) is 14.8. The summed E-state index contributed by atoms with van der Waals surface area (Å²) < 4.78 is 0. The zero-order valence-corrected chi connectivity index (χ0v) is 15.6. The number of nitrogens with zero attached hydrogens (tertiary/aromatic N) is 1. The topological polar surface area (TPSA) is 61.4 Å². The molecule has 0 spiro atoms. The molecule has 5 rings (SSSR count). The lowest BCUT2D eigenvalue weighted by atomic mass is 9.84. The Labute approximate surface area is 157 Å². The molecule has 0 radical (unpaired) electrons. The van der Waals surface area contributed by atoms with Crippen LogP contribution in [0, 0.1) is 5.92 Å². The molecular weight excluding hydrogens is 346 g/mol. The molecule has 6 heteroatoms. The van der Waals surface area contributed by atoms with Crippen LogP contribution in [0.3, 0.4) is 0 Å². The molecule has 3 saturated heterocycles. The molecule has 2 aromatic rings. The van der Waals surface area contributed by atoms with Crippen molar-refractivity contribution in [1.82, 2.24) is 10.2 Å². The molecule has 136 valence electrons. The second-order valence-electron chi connectivity index (χ2n) is 7.14. The number of thiophene rings is 1. The van der Waals surface area contributed by atoms with Crippen molar-refractivity contribution >= 4 is 28.8 Å². The summed E-state index contributed by atoms with van der Waals surface area (Å²) in [7, 11) is 0. The number of nitrogens with one attached hydrogen (secondary N) is 2. The molecule has 1 unspecified atom stereocenters. The number of piperidine rings is 3. The van der Waals surface area contributed by atoms with E-state index in [9.17, 15) is 9.59 Å². The first-order chi connectivity index (χ1) is 12.6. The predicted molar refractivity (Wildman–Crippen MR) is 104 cm³/mol. The minimum absolute atomic E-state index is 0.0127. The summed E-state index contributed by atoms with van der Waals surface area (Å²) in [6, 6.07) is 9.86. The Morgan fingerprint density at radius 3 is 2.69 bits per heavy atom. The van der Waals surface area contributed by atoms with Crippen LogP contribution in [0.5, 0.6) is 0 Å². The fourth-order valence-corrected chi connectivity index (χ4v) is 4.86. The number of amides is 2. The maximum absolute atomic E-state index is 12.9. The summed E-state index contributed by atoms with van der Waals surface area (Å²) in [6.45, 7) is 4.79. The number of anilines is 1. The first-order valence-electron chi connectivity index (χ1n) is 9.09. The van der Waals surface area contributed by atoms with Gasteiger partial charge < -0.3 is 15.5 Å². The average Bonchev–Trinajstić information content (AvgIpc) is 3.12. The minimum Gasteiger partial charge on any atom is -0.347 e. The van der Waals surface area contributed by atoms with Gasteiger partial charge in [-0.25, -0.2) is 0 Å². The molecule has 2 amide bonds. The Balaban J connectivity index is 1.53. The number of carbonyl (C=O) groups is 2. The van der Waals surface area contributed by atoms with Crippen molar-refractivity contribution in [1.29, 1.82) is 0 Å². The summed E-state index contributed by atoms with van der Waals surface area (Å²) in [5.41, 5.74) is 2.60. The van der Waals surface area contributed by atoms with Gasteiger partial charge in [-0.15, -0.1) is 11.3 Å². The van der Waals surface area contributed by atoms with Crippen molar-refractivity contribution in [2.24, 2.45) is 5.92 Å². The predicted octanol–water partition coefficient (Wildman–Crippen LogP) is 3.20. The first-order valence-corrected chi connectivity index (χ1v) is 9.97. The van der Waals surface area contributed by atoms with Crippen molar-refractivity contribution < 1.29 is 9.59 Å². The minimum atomic E-state index is -0.104. The molecule has 3 aliphatic heterocycles. The van der Waals surface area contributed by atoms with Crippen LogP contribution in [-0.2, 0) is 4.79 Å². The highest BCUT2D eigenvalue weighted by molar-refractivity contribution is 7.12. The first kappa shape index (κ1) is 17.2. The Kier molecular flexibility index (Phi) is 4.78. The number of hydrogen-bond donors (Lipinski definition) is 2. The van der Waals surface area contributed by atoms with Gasteiger partial charge in [0.2, 0.25) is 5.91 Å². The van der Waals surface area contributed by atoms with Crippen LogP contribution in [0.4, 0.5) is 5.69 Å². The normalized spacial score (nSPS) is 24.3. The average molecular weight is 369 g/mol. The van der Waals surface area contributed by atoms with E-state index in [0.29, 0.717) is 5.92 Å². The van der Waals surface area contributed by atoms with E-state index in [2.05, 4.69) is 15.5 Å². The molecule has 2 N–H and O–H groups in total. The summed E-state index contributed by atoms with van der Waals surface area (Å²) in [5.74, 6) is 0.516. The van der Waals surface area contributed by atoms with Crippen molar-refractivity contribution in [2.75, 3.05) is 25.0 Å². The summed E-state index contributed by atoms with van der Waals surface area (Å²) in [5, 5.41) is 8.02. The zero-order chi connectivity index (χ0) is 18.1. The third-order valence-corrected chi connectivity index (χ3v) is 6.25. The number of benzene rings is 1. The SMILES string of the molecule is CC(=O)Nc1cccc(-c2ccsc2C(=O)NC2CN3CCC2CC3)c1. The van der Waals surface area contributed by atoms with Crippen molar-refractivity contribution in [3.63, 3.8) is 0 Å². The molecule has 1 aromatic heterocycles. The number of fused-ring (bicyclic) bond motifs is 3. The summed E-state index contributed by atoms with van der Waals surface area (Å²) in [6.07, 6.45) is 2.36. The highest BCUT2D eigenvalue weighted by atomic mass is 32.1. The van der Waals surface area contributed by atoms with Gasteiger partial charge in [0.25, 0.3) is 5.91 Å². The van der Waals surface area contributed by atoms with Crippen LogP contribution in [0.2, 0.25) is 0 Å². The standard InChI is InChI=1S/C20H23N3O2S/c1-13(24)21-16-4-2-3-15(11-16)17-7-10-26-19(17)20(25)22-18-12-23-8-5-14(18)6-9-23/h2-4,7,10-11,14,18H,5-6,8-9,12H2,1H3,(H,21,24)(H,22,25). The van der Waals surface area contributed by atoms with E-state index in [1.807, 2.05) is 35.7 Å². The summed E-state index contributed by atoms with van der Waals surface area (Å²) >= 11 is 1.47. The van der Waals surface area contributed by atoms with E-state index >= 15 is 0 Å². The van der Waals surface area contributed by atoms with Crippen molar-refractivity contribution in [3.05, 3.63) is 40.6 Å². The molecule has 2 bridgehead atoms. The molecule has 0 aliphatic carbocycles. The van der Waals surface area contributed by atoms with Crippen LogP contribution >= 0.6 is 11.3 Å². The van der Waals surface area contributed by atoms with Crippen LogP contribution in [0.15, 0.2) is 35.7 Å². The van der Waals surface area contributed by atoms with Gasteiger partial charge in [0.15, 0.2) is 0 Å². The van der Waals surface area contributed by atoms with Crippen LogP contribution in [-0.4, -0.2) is 42.4 Å². The van der Waals surface area contributed by atoms with Gasteiger partial charge in [0.1, 0.15) is 0 Å². The van der Waals surface area contributed by atoms with Gasteiger partial charge in [-0.3, -0.25) is 9.59 Å². The Morgan fingerprint density at radius 2 is 2.00 bits per heavy atom. The molecule has 1 atom stereocenters. The molecule has 4 heterocycles. The molecule has 1 aromatic carbocycles. The number of rotatable bonds is 4. The number of hydrogen-bond acceptors (Lipinski definition) is 4. The molecule has 0 saturated carbocycles. The smallest absolute Gasteiger partial charge is 0.262 e. The lowest BCUT2D eigenvalue weighted by Gasteiger charge is -2.44. The van der Waals surface area contributed by atoms with Gasteiger partial charge in [0, 0.05) is 30.8 Å². The maximum atomic E-state index is 12.9. The van der Waals surface area contributed by atoms with Gasteiger partial charge >= 0.3 is 0 Å². The van der Waals surface area contributed by atoms with Gasteiger partial charge in [0.05, 0.1) is 4.88 Å². The van der Waals surface area contributed by atoms with E-state index < -0.39 is 0 Å². The van der Waals surface area contributed by atoms with Crippen LogP contribution in [0.1, 0.15) is 29.4 Å². The van der Waals surface area contributed by atoms with E-state index in [1.54, 1.807) is 0 Å². The second-order valence-corrected chi connectivity index (χ2v) is 8.06.